The van der Waals surface area contributed by atoms with Crippen LogP contribution in [0, 0.1) is 5.82 Å². The number of amides is 1. The van der Waals surface area contributed by atoms with E-state index in [0.29, 0.717) is 5.17 Å². The predicted octanol–water partition coefficient (Wildman–Crippen LogP) is 3.61. The molecule has 0 radical (unpaired) electrons. The van der Waals surface area contributed by atoms with Gasteiger partial charge in [0.2, 0.25) is 5.91 Å². The minimum atomic E-state index is -1.67. The Morgan fingerprint density at radius 3 is 2.38 bits per heavy atom. The second-order valence-electron chi connectivity index (χ2n) is 5.72. The molecule has 0 aliphatic carbocycles. The normalized spacial score (nSPS) is 26.0. The first kappa shape index (κ1) is 15.9. The molecular weight excluding hydrogens is 294 g/mol. The molecule has 0 aromatic heterocycles. The molecular formula is C15H18F2N2OS. The van der Waals surface area contributed by atoms with Crippen LogP contribution in [0.4, 0.5) is 8.78 Å². The van der Waals surface area contributed by atoms with Crippen LogP contribution < -0.4 is 5.32 Å². The van der Waals surface area contributed by atoms with Crippen molar-refractivity contribution in [3.63, 3.8) is 0 Å². The summed E-state index contributed by atoms with van der Waals surface area (Å²) in [7, 11) is 0. The van der Waals surface area contributed by atoms with Gasteiger partial charge in [-0.15, -0.1) is 0 Å². The van der Waals surface area contributed by atoms with Gasteiger partial charge in [0.25, 0.3) is 0 Å². The number of hydrogen-bond acceptors (Lipinski definition) is 3. The van der Waals surface area contributed by atoms with Crippen molar-refractivity contribution in [2.24, 2.45) is 4.99 Å². The van der Waals surface area contributed by atoms with Crippen LogP contribution >= 0.6 is 11.8 Å². The summed E-state index contributed by atoms with van der Waals surface area (Å²) in [4.78, 5) is 16.4. The number of nitrogens with zero attached hydrogens (tertiary/aromatic N) is 1. The first-order valence-electron chi connectivity index (χ1n) is 6.66. The van der Waals surface area contributed by atoms with E-state index >= 15 is 0 Å². The number of halogens is 2. The molecule has 2 rings (SSSR count). The average Bonchev–Trinajstić information content (AvgIpc) is 2.66. The van der Waals surface area contributed by atoms with Crippen molar-refractivity contribution in [3.05, 3.63) is 35.6 Å². The van der Waals surface area contributed by atoms with E-state index in [-0.39, 0.29) is 17.8 Å². The Morgan fingerprint density at radius 1 is 1.33 bits per heavy atom. The molecule has 1 aromatic rings. The van der Waals surface area contributed by atoms with Crippen LogP contribution in [0.15, 0.2) is 29.3 Å². The van der Waals surface area contributed by atoms with Gasteiger partial charge in [-0.1, -0.05) is 23.9 Å². The Morgan fingerprint density at radius 2 is 1.90 bits per heavy atom. The largest absolute Gasteiger partial charge is 0.304 e. The number of carbonyl (C=O) groups excluding carboxylic acids is 1. The molecule has 0 bridgehead atoms. The third-order valence-electron chi connectivity index (χ3n) is 3.75. The molecule has 1 saturated heterocycles. The third-order valence-corrected chi connectivity index (χ3v) is 5.23. The van der Waals surface area contributed by atoms with Crippen molar-refractivity contribution >= 4 is 22.8 Å². The lowest BCUT2D eigenvalue weighted by atomic mass is 9.93. The van der Waals surface area contributed by atoms with E-state index in [4.69, 9.17) is 0 Å². The Labute approximate surface area is 127 Å². The molecule has 0 unspecified atom stereocenters. The zero-order chi connectivity index (χ0) is 15.8. The van der Waals surface area contributed by atoms with Crippen LogP contribution in [0.3, 0.4) is 0 Å². The molecule has 3 nitrogen and oxygen atoms in total. The summed E-state index contributed by atoms with van der Waals surface area (Å²) in [6.45, 7) is 6.17. The van der Waals surface area contributed by atoms with Gasteiger partial charge in [-0.05, 0) is 45.4 Å². The summed E-state index contributed by atoms with van der Waals surface area (Å²) in [5, 5.41) is 3.02. The lowest BCUT2D eigenvalue weighted by Gasteiger charge is -2.29. The van der Waals surface area contributed by atoms with Crippen molar-refractivity contribution in [1.29, 1.82) is 0 Å². The highest BCUT2D eigenvalue weighted by atomic mass is 32.2. The number of thioether (sulfide) groups is 1. The van der Waals surface area contributed by atoms with Gasteiger partial charge < -0.3 is 5.32 Å². The van der Waals surface area contributed by atoms with Gasteiger partial charge in [0.1, 0.15) is 16.2 Å². The first-order valence-corrected chi connectivity index (χ1v) is 7.48. The lowest BCUT2D eigenvalue weighted by Crippen LogP contribution is -2.48. The minimum absolute atomic E-state index is 0.251. The fourth-order valence-corrected chi connectivity index (χ4v) is 3.05. The van der Waals surface area contributed by atoms with E-state index in [1.165, 1.54) is 26.0 Å². The van der Waals surface area contributed by atoms with E-state index in [0.717, 1.165) is 17.3 Å². The van der Waals surface area contributed by atoms with E-state index in [9.17, 15) is 13.6 Å². The molecule has 0 saturated carbocycles. The van der Waals surface area contributed by atoms with Gasteiger partial charge in [0.05, 0.1) is 6.04 Å². The minimum Gasteiger partial charge on any atom is -0.304 e. The Hall–Kier alpha value is -1.43. The van der Waals surface area contributed by atoms with Gasteiger partial charge in [-0.3, -0.25) is 9.79 Å². The number of amidine groups is 1. The molecule has 0 spiro atoms. The molecule has 114 valence electrons. The molecule has 6 heteroatoms. The van der Waals surface area contributed by atoms with Gasteiger partial charge in [-0.25, -0.2) is 8.78 Å². The van der Waals surface area contributed by atoms with Gasteiger partial charge in [0, 0.05) is 0 Å². The number of nitrogens with one attached hydrogen (secondary N) is 1. The van der Waals surface area contributed by atoms with Crippen molar-refractivity contribution in [3.8, 4) is 0 Å². The summed E-state index contributed by atoms with van der Waals surface area (Å²) >= 11 is 1.09. The molecule has 1 heterocycles. The van der Waals surface area contributed by atoms with Crippen LogP contribution in [-0.4, -0.2) is 21.5 Å². The van der Waals surface area contributed by atoms with E-state index < -0.39 is 10.4 Å². The monoisotopic (exact) mass is 312 g/mol. The van der Waals surface area contributed by atoms with Gasteiger partial charge in [-0.2, -0.15) is 0 Å². The quantitative estimate of drug-likeness (QED) is 0.926. The van der Waals surface area contributed by atoms with Crippen LogP contribution in [0.1, 0.15) is 39.3 Å². The molecule has 1 aromatic carbocycles. The fourth-order valence-electron chi connectivity index (χ4n) is 1.92. The summed E-state index contributed by atoms with van der Waals surface area (Å²) in [6.07, 6.45) is 0. The Bertz CT molecular complexity index is 580. The highest BCUT2D eigenvalue weighted by molar-refractivity contribution is 8.16. The maximum Gasteiger partial charge on any atom is 0.245 e. The number of hydrogen-bond donors (Lipinski definition) is 1. The van der Waals surface area contributed by atoms with Crippen molar-refractivity contribution in [2.75, 3.05) is 0 Å². The predicted molar refractivity (Wildman–Crippen MR) is 81.6 cm³/mol. The summed E-state index contributed by atoms with van der Waals surface area (Å²) in [5.41, 5.74) is -0.843. The van der Waals surface area contributed by atoms with Crippen LogP contribution in [0.2, 0.25) is 0 Å². The molecule has 21 heavy (non-hydrogen) atoms. The van der Waals surface area contributed by atoms with Gasteiger partial charge >= 0.3 is 0 Å². The van der Waals surface area contributed by atoms with Gasteiger partial charge in [0.15, 0.2) is 5.17 Å². The fraction of sp³-hybridized carbons (Fsp3) is 0.467. The first-order chi connectivity index (χ1) is 9.63. The van der Waals surface area contributed by atoms with Crippen molar-refractivity contribution < 1.29 is 13.6 Å². The summed E-state index contributed by atoms with van der Waals surface area (Å²) < 4.78 is 25.9. The number of aliphatic imine (C=N–C) groups is 1. The average molecular weight is 312 g/mol. The Kier molecular flexibility index (Phi) is 4.10. The SMILES string of the molecule is C[C@H](N=C1NC(=O)[C@@](C)(C(C)(C)F)S1)c1ccc(F)cc1. The van der Waals surface area contributed by atoms with E-state index in [1.54, 1.807) is 19.1 Å². The van der Waals surface area contributed by atoms with Crippen LogP contribution in [0.25, 0.3) is 0 Å². The third kappa shape index (κ3) is 3.10. The zero-order valence-electron chi connectivity index (χ0n) is 12.4. The standard InChI is InChI=1S/C15H18F2N2OS/c1-9(10-5-7-11(16)8-6-10)18-13-19-12(20)15(4,21-13)14(2,3)17/h5-9H,1-4H3,(H,18,19,20)/t9-,15-/m0/s1. The summed E-state index contributed by atoms with van der Waals surface area (Å²) in [6, 6.07) is 5.76. The maximum absolute atomic E-state index is 14.2. The second kappa shape index (κ2) is 5.40. The zero-order valence-corrected chi connectivity index (χ0v) is 13.2. The Balaban J connectivity index is 2.20. The molecule has 1 N–H and O–H groups in total. The number of alkyl halides is 1. The highest BCUT2D eigenvalue weighted by Gasteiger charge is 2.54. The molecule has 1 aliphatic heterocycles. The second-order valence-corrected chi connectivity index (χ2v) is 7.13. The lowest BCUT2D eigenvalue weighted by molar-refractivity contribution is -0.124. The molecule has 1 aliphatic rings. The maximum atomic E-state index is 14.2. The summed E-state index contributed by atoms with van der Waals surface area (Å²) in [5.74, 6) is -0.695. The van der Waals surface area contributed by atoms with Crippen molar-refractivity contribution in [2.45, 2.75) is 44.2 Å². The number of carbonyl (C=O) groups is 1. The highest BCUT2D eigenvalue weighted by Crippen LogP contribution is 2.43. The number of rotatable bonds is 3. The molecule has 1 amide bonds. The van der Waals surface area contributed by atoms with E-state index in [1.807, 2.05) is 6.92 Å². The van der Waals surface area contributed by atoms with Crippen LogP contribution in [-0.2, 0) is 4.79 Å². The van der Waals surface area contributed by atoms with E-state index in [2.05, 4.69) is 10.3 Å². The van der Waals surface area contributed by atoms with Crippen molar-refractivity contribution in [1.82, 2.24) is 5.32 Å². The molecule has 1 fully saturated rings. The molecule has 2 atom stereocenters. The smallest absolute Gasteiger partial charge is 0.245 e. The van der Waals surface area contributed by atoms with Crippen LogP contribution in [0.5, 0.6) is 0 Å². The number of benzene rings is 1. The topological polar surface area (TPSA) is 41.5 Å².